The second kappa shape index (κ2) is 17.2. The van der Waals surface area contributed by atoms with Gasteiger partial charge < -0.3 is 33.3 Å². The van der Waals surface area contributed by atoms with Crippen molar-refractivity contribution in [1.82, 2.24) is 10.2 Å². The zero-order valence-electron chi connectivity index (χ0n) is 23.6. The zero-order chi connectivity index (χ0) is 29.7. The number of hydrogen-bond acceptors (Lipinski definition) is 7. The first-order chi connectivity index (χ1) is 19.1. The van der Waals surface area contributed by atoms with Crippen LogP contribution in [0.4, 0.5) is 5.69 Å². The van der Waals surface area contributed by atoms with E-state index in [0.717, 1.165) is 9.87 Å². The van der Waals surface area contributed by atoms with Crippen molar-refractivity contribution in [2.75, 3.05) is 37.7 Å². The standard InChI is InChI=1S/C28H40ClN3O7S/c1-6-38-27(39-7-2)19-31(20(3)4)28(34)25(18-21-8-10-22(29)11-9-21)30-26(33)16-17-32(40(35)36)23-12-14-24(37-5)15-13-23/h8-15,20,25,27H,6-7,16-19H2,1-5H3,(H,30,33)(H,35,36)/p-1. The lowest BCUT2D eigenvalue weighted by atomic mass is 10.0. The highest BCUT2D eigenvalue weighted by atomic mass is 35.5. The molecule has 10 nitrogen and oxygen atoms in total. The fourth-order valence-corrected chi connectivity index (χ4v) is 4.67. The number of benzene rings is 2. The number of carbonyl (C=O) groups excluding carboxylic acids is 2. The van der Waals surface area contributed by atoms with Crippen LogP contribution in [0.15, 0.2) is 48.5 Å². The summed E-state index contributed by atoms with van der Waals surface area (Å²) in [5, 5.41) is 3.38. The highest BCUT2D eigenvalue weighted by Gasteiger charge is 2.30. The van der Waals surface area contributed by atoms with E-state index in [1.807, 2.05) is 27.7 Å². The third kappa shape index (κ3) is 10.7. The van der Waals surface area contributed by atoms with E-state index in [4.69, 9.17) is 25.8 Å². The summed E-state index contributed by atoms with van der Waals surface area (Å²) in [6.45, 7) is 8.37. The van der Waals surface area contributed by atoms with Crippen molar-refractivity contribution in [3.8, 4) is 5.75 Å². The lowest BCUT2D eigenvalue weighted by Crippen LogP contribution is -2.54. The molecule has 12 heteroatoms. The lowest BCUT2D eigenvalue weighted by molar-refractivity contribution is -0.163. The molecule has 1 N–H and O–H groups in total. The van der Waals surface area contributed by atoms with Crippen molar-refractivity contribution in [1.29, 1.82) is 0 Å². The van der Waals surface area contributed by atoms with Gasteiger partial charge in [-0.25, -0.2) is 0 Å². The van der Waals surface area contributed by atoms with Gasteiger partial charge in [-0.3, -0.25) is 13.8 Å². The lowest BCUT2D eigenvalue weighted by Gasteiger charge is -2.34. The molecule has 0 bridgehead atoms. The van der Waals surface area contributed by atoms with Gasteiger partial charge in [0.05, 0.1) is 13.7 Å². The Morgan fingerprint density at radius 2 is 1.62 bits per heavy atom. The van der Waals surface area contributed by atoms with Gasteiger partial charge in [0.1, 0.15) is 11.8 Å². The summed E-state index contributed by atoms with van der Waals surface area (Å²) in [6.07, 6.45) is -0.556. The van der Waals surface area contributed by atoms with Gasteiger partial charge in [0, 0.05) is 60.6 Å². The molecule has 0 heterocycles. The van der Waals surface area contributed by atoms with Gasteiger partial charge in [-0.05, 0) is 69.7 Å². The van der Waals surface area contributed by atoms with Crippen molar-refractivity contribution in [2.24, 2.45) is 0 Å². The van der Waals surface area contributed by atoms with Crippen molar-refractivity contribution in [3.63, 3.8) is 0 Å². The molecule has 0 spiro atoms. The smallest absolute Gasteiger partial charge is 0.245 e. The van der Waals surface area contributed by atoms with E-state index in [0.29, 0.717) is 29.7 Å². The number of methoxy groups -OCH3 is 1. The minimum Gasteiger partial charge on any atom is -0.755 e. The molecule has 2 rings (SSSR count). The van der Waals surface area contributed by atoms with E-state index >= 15 is 0 Å². The predicted octanol–water partition coefficient (Wildman–Crippen LogP) is 3.70. The fourth-order valence-electron chi connectivity index (χ4n) is 4.01. The molecular formula is C28H39ClN3O7S-. The molecule has 0 radical (unpaired) electrons. The van der Waals surface area contributed by atoms with Crippen LogP contribution in [0.5, 0.6) is 5.75 Å². The predicted molar refractivity (Wildman–Crippen MR) is 155 cm³/mol. The maximum atomic E-state index is 13.8. The Labute approximate surface area is 244 Å². The first-order valence-electron chi connectivity index (χ1n) is 13.2. The molecule has 2 aromatic rings. The van der Waals surface area contributed by atoms with Crippen LogP contribution in [0.3, 0.4) is 0 Å². The average Bonchev–Trinajstić information content (AvgIpc) is 2.92. The number of amides is 2. The first kappa shape index (κ1) is 33.5. The Balaban J connectivity index is 2.22. The van der Waals surface area contributed by atoms with Crippen LogP contribution in [-0.4, -0.2) is 77.3 Å². The van der Waals surface area contributed by atoms with E-state index in [2.05, 4.69) is 5.32 Å². The quantitative estimate of drug-likeness (QED) is 0.218. The van der Waals surface area contributed by atoms with Gasteiger partial charge in [0.2, 0.25) is 11.8 Å². The summed E-state index contributed by atoms with van der Waals surface area (Å²) in [5.74, 6) is -0.194. The van der Waals surface area contributed by atoms with Crippen LogP contribution >= 0.6 is 11.6 Å². The van der Waals surface area contributed by atoms with Crippen LogP contribution in [-0.2, 0) is 36.8 Å². The number of hydrogen-bond donors (Lipinski definition) is 1. The molecule has 40 heavy (non-hydrogen) atoms. The molecular weight excluding hydrogens is 558 g/mol. The Morgan fingerprint density at radius 1 is 1.02 bits per heavy atom. The Morgan fingerprint density at radius 3 is 2.12 bits per heavy atom. The van der Waals surface area contributed by atoms with Crippen molar-refractivity contribution < 1.29 is 32.6 Å². The summed E-state index contributed by atoms with van der Waals surface area (Å²) < 4.78 is 41.3. The van der Waals surface area contributed by atoms with Gasteiger partial charge in [0.15, 0.2) is 6.29 Å². The topological polar surface area (TPSA) is 120 Å². The third-order valence-electron chi connectivity index (χ3n) is 6.03. The summed E-state index contributed by atoms with van der Waals surface area (Å²) in [6, 6.07) is 12.4. The van der Waals surface area contributed by atoms with E-state index in [-0.39, 0.29) is 37.9 Å². The molecule has 0 aliphatic rings. The number of ether oxygens (including phenoxy) is 3. The zero-order valence-corrected chi connectivity index (χ0v) is 25.2. The molecule has 0 saturated carbocycles. The first-order valence-corrected chi connectivity index (χ1v) is 14.6. The Kier molecular flexibility index (Phi) is 14.4. The highest BCUT2D eigenvalue weighted by molar-refractivity contribution is 7.80. The number of nitrogens with zero attached hydrogens (tertiary/aromatic N) is 2. The SMILES string of the molecule is CCOC(CN(C(=O)C(Cc1ccc(Cl)cc1)NC(=O)CCN(c1ccc(OC)cc1)S(=O)[O-])C(C)C)OCC. The Hall–Kier alpha value is -2.70. The van der Waals surface area contributed by atoms with Crippen molar-refractivity contribution in [2.45, 2.75) is 58.9 Å². The number of carbonyl (C=O) groups is 2. The highest BCUT2D eigenvalue weighted by Crippen LogP contribution is 2.21. The van der Waals surface area contributed by atoms with E-state index in [1.54, 1.807) is 53.4 Å². The normalized spacial score (nSPS) is 12.7. The maximum Gasteiger partial charge on any atom is 0.245 e. The van der Waals surface area contributed by atoms with Gasteiger partial charge in [-0.15, -0.1) is 0 Å². The number of nitrogens with one attached hydrogen (secondary N) is 1. The molecule has 2 aromatic carbocycles. The van der Waals surface area contributed by atoms with Crippen LogP contribution in [0.1, 0.15) is 39.7 Å². The monoisotopic (exact) mass is 596 g/mol. The van der Waals surface area contributed by atoms with Gasteiger partial charge in [-0.2, -0.15) is 0 Å². The molecule has 2 unspecified atom stereocenters. The van der Waals surface area contributed by atoms with Crippen LogP contribution < -0.4 is 14.4 Å². The average molecular weight is 597 g/mol. The van der Waals surface area contributed by atoms with Gasteiger partial charge in [-0.1, -0.05) is 23.7 Å². The van der Waals surface area contributed by atoms with Gasteiger partial charge in [0.25, 0.3) is 0 Å². The minimum atomic E-state index is -2.61. The number of halogens is 1. The maximum absolute atomic E-state index is 13.8. The number of rotatable bonds is 17. The second-order valence-electron chi connectivity index (χ2n) is 9.14. The van der Waals surface area contributed by atoms with E-state index in [1.165, 1.54) is 7.11 Å². The van der Waals surface area contributed by atoms with Gasteiger partial charge >= 0.3 is 0 Å². The molecule has 0 aliphatic carbocycles. The molecule has 0 aliphatic heterocycles. The molecule has 0 fully saturated rings. The second-order valence-corrected chi connectivity index (χ2v) is 10.5. The molecule has 0 aromatic heterocycles. The summed E-state index contributed by atoms with van der Waals surface area (Å²) >= 11 is 3.42. The fraction of sp³-hybridized carbons (Fsp3) is 0.500. The third-order valence-corrected chi connectivity index (χ3v) is 7.03. The molecule has 222 valence electrons. The van der Waals surface area contributed by atoms with Crippen molar-refractivity contribution >= 4 is 40.4 Å². The van der Waals surface area contributed by atoms with Crippen LogP contribution in [0, 0.1) is 0 Å². The van der Waals surface area contributed by atoms with E-state index in [9.17, 15) is 18.4 Å². The molecule has 2 amide bonds. The van der Waals surface area contributed by atoms with E-state index < -0.39 is 29.5 Å². The largest absolute Gasteiger partial charge is 0.755 e. The molecule has 0 saturated heterocycles. The summed E-state index contributed by atoms with van der Waals surface area (Å²) in [4.78, 5) is 28.5. The van der Waals surface area contributed by atoms with Crippen molar-refractivity contribution in [3.05, 3.63) is 59.1 Å². The van der Waals surface area contributed by atoms with Crippen LogP contribution in [0.2, 0.25) is 5.02 Å². The molecule has 2 atom stereocenters. The number of anilines is 1. The summed E-state index contributed by atoms with van der Waals surface area (Å²) in [5.41, 5.74) is 1.19. The summed E-state index contributed by atoms with van der Waals surface area (Å²) in [7, 11) is 1.51. The Bertz CT molecular complexity index is 1080. The minimum absolute atomic E-state index is 0.110. The van der Waals surface area contributed by atoms with Crippen LogP contribution in [0.25, 0.3) is 0 Å².